The van der Waals surface area contributed by atoms with Crippen LogP contribution in [-0.2, 0) is 6.42 Å². The third kappa shape index (κ3) is 6.18. The van der Waals surface area contributed by atoms with Gasteiger partial charge in [-0.25, -0.2) is 9.97 Å². The normalized spacial score (nSPS) is 10.6. The zero-order valence-corrected chi connectivity index (χ0v) is 15.9. The Bertz CT molecular complexity index is 737. The molecule has 0 bridgehead atoms. The highest BCUT2D eigenvalue weighted by Crippen LogP contribution is 2.21. The zero-order valence-electron chi connectivity index (χ0n) is 14.4. The van der Waals surface area contributed by atoms with Crippen LogP contribution in [0.25, 0.3) is 0 Å². The topological polar surface area (TPSA) is 66.9 Å². The van der Waals surface area contributed by atoms with Crippen LogP contribution in [0.4, 0.5) is 5.95 Å². The van der Waals surface area contributed by atoms with Crippen molar-refractivity contribution in [3.63, 3.8) is 0 Å². The molecule has 0 radical (unpaired) electrons. The first-order valence-corrected chi connectivity index (χ1v) is 9.07. The van der Waals surface area contributed by atoms with Gasteiger partial charge in [-0.2, -0.15) is 0 Å². The molecule has 1 aromatic carbocycles. The average molecular weight is 381 g/mol. The maximum atomic E-state index is 12.3. The van der Waals surface area contributed by atoms with E-state index in [2.05, 4.69) is 27.5 Å². The van der Waals surface area contributed by atoms with Crippen LogP contribution in [0.2, 0.25) is 10.0 Å². The molecule has 134 valence electrons. The van der Waals surface area contributed by atoms with Crippen molar-refractivity contribution < 1.29 is 4.79 Å². The summed E-state index contributed by atoms with van der Waals surface area (Å²) in [5.41, 5.74) is 2.04. The van der Waals surface area contributed by atoms with Gasteiger partial charge in [-0.05, 0) is 43.5 Å². The summed E-state index contributed by atoms with van der Waals surface area (Å²) in [6, 6.07) is 7.02. The third-order valence-corrected chi connectivity index (χ3v) is 4.18. The van der Waals surface area contributed by atoms with Crippen LogP contribution in [0.3, 0.4) is 0 Å². The second-order valence-electron chi connectivity index (χ2n) is 5.74. The second kappa shape index (κ2) is 9.59. The van der Waals surface area contributed by atoms with Gasteiger partial charge in [0.25, 0.3) is 5.91 Å². The Morgan fingerprint density at radius 2 is 1.96 bits per heavy atom. The number of carbonyl (C=O) groups excluding carboxylic acids is 1. The van der Waals surface area contributed by atoms with Gasteiger partial charge in [0.05, 0.1) is 0 Å². The molecule has 2 N–H and O–H groups in total. The van der Waals surface area contributed by atoms with Gasteiger partial charge in [0, 0.05) is 28.8 Å². The number of hydrogen-bond acceptors (Lipinski definition) is 4. The molecule has 0 unspecified atom stereocenters. The number of amides is 1. The molecule has 0 saturated carbocycles. The van der Waals surface area contributed by atoms with Gasteiger partial charge in [0.15, 0.2) is 0 Å². The van der Waals surface area contributed by atoms with E-state index in [0.717, 1.165) is 30.6 Å². The third-order valence-electron chi connectivity index (χ3n) is 3.60. The predicted molar refractivity (Wildman–Crippen MR) is 103 cm³/mol. The smallest absolute Gasteiger partial charge is 0.270 e. The molecule has 0 aliphatic carbocycles. The molecule has 25 heavy (non-hydrogen) atoms. The molecule has 1 heterocycles. The van der Waals surface area contributed by atoms with Crippen molar-refractivity contribution in [3.05, 3.63) is 51.3 Å². The van der Waals surface area contributed by atoms with Crippen LogP contribution in [0.1, 0.15) is 41.5 Å². The Kier molecular flexibility index (Phi) is 7.47. The number of benzene rings is 1. The Morgan fingerprint density at radius 3 is 2.68 bits per heavy atom. The second-order valence-corrected chi connectivity index (χ2v) is 6.58. The molecule has 2 aromatic rings. The van der Waals surface area contributed by atoms with Crippen molar-refractivity contribution >= 4 is 35.1 Å². The predicted octanol–water partition coefficient (Wildman–Crippen LogP) is 4.28. The Balaban J connectivity index is 1.93. The quantitative estimate of drug-likeness (QED) is 0.670. The fraction of sp³-hybridized carbons (Fsp3) is 0.389. The lowest BCUT2D eigenvalue weighted by atomic mass is 10.1. The number of aromatic nitrogens is 2. The zero-order chi connectivity index (χ0) is 18.2. The SMILES string of the molecule is CCCCNc1nc(C)cc(C(=O)NCCc2ccc(Cl)cc2Cl)n1. The number of halogens is 2. The van der Waals surface area contributed by atoms with E-state index in [9.17, 15) is 4.79 Å². The maximum absolute atomic E-state index is 12.3. The molecule has 2 rings (SSSR count). The largest absolute Gasteiger partial charge is 0.354 e. The number of unbranched alkanes of at least 4 members (excludes halogenated alkanes) is 1. The van der Waals surface area contributed by atoms with E-state index in [1.54, 1.807) is 18.2 Å². The minimum Gasteiger partial charge on any atom is -0.354 e. The summed E-state index contributed by atoms with van der Waals surface area (Å²) in [4.78, 5) is 20.9. The van der Waals surface area contributed by atoms with Gasteiger partial charge in [-0.15, -0.1) is 0 Å². The molecule has 0 aliphatic heterocycles. The number of anilines is 1. The van der Waals surface area contributed by atoms with Crippen molar-refractivity contribution in [3.8, 4) is 0 Å². The van der Waals surface area contributed by atoms with Crippen LogP contribution in [0.5, 0.6) is 0 Å². The van der Waals surface area contributed by atoms with Gasteiger partial charge in [-0.1, -0.05) is 42.6 Å². The number of carbonyl (C=O) groups is 1. The standard InChI is InChI=1S/C18H22Cl2N4O/c1-3-4-8-22-18-23-12(2)10-16(24-18)17(25)21-9-7-13-5-6-14(19)11-15(13)20/h5-6,10-11H,3-4,7-9H2,1-2H3,(H,21,25)(H,22,23,24). The average Bonchev–Trinajstić information content (AvgIpc) is 2.56. The highest BCUT2D eigenvalue weighted by Gasteiger charge is 2.10. The van der Waals surface area contributed by atoms with Crippen LogP contribution in [-0.4, -0.2) is 29.0 Å². The first-order chi connectivity index (χ1) is 12.0. The van der Waals surface area contributed by atoms with Crippen molar-refractivity contribution in [2.45, 2.75) is 33.1 Å². The van der Waals surface area contributed by atoms with Crippen molar-refractivity contribution in [2.75, 3.05) is 18.4 Å². The van der Waals surface area contributed by atoms with Crippen LogP contribution in [0.15, 0.2) is 24.3 Å². The number of hydrogen-bond donors (Lipinski definition) is 2. The van der Waals surface area contributed by atoms with E-state index in [4.69, 9.17) is 23.2 Å². The molecule has 5 nitrogen and oxygen atoms in total. The number of nitrogens with one attached hydrogen (secondary N) is 2. The van der Waals surface area contributed by atoms with E-state index >= 15 is 0 Å². The summed E-state index contributed by atoms with van der Waals surface area (Å²) in [6.07, 6.45) is 2.73. The highest BCUT2D eigenvalue weighted by atomic mass is 35.5. The minimum atomic E-state index is -0.228. The summed E-state index contributed by atoms with van der Waals surface area (Å²) in [5, 5.41) is 7.20. The van der Waals surface area contributed by atoms with Crippen LogP contribution >= 0.6 is 23.2 Å². The first kappa shape index (κ1) is 19.5. The fourth-order valence-corrected chi connectivity index (χ4v) is 2.77. The molecule has 0 saturated heterocycles. The van der Waals surface area contributed by atoms with Gasteiger partial charge in [0.2, 0.25) is 5.95 Å². The fourth-order valence-electron chi connectivity index (χ4n) is 2.27. The monoisotopic (exact) mass is 380 g/mol. The summed E-state index contributed by atoms with van der Waals surface area (Å²) in [6.45, 7) is 5.21. The summed E-state index contributed by atoms with van der Waals surface area (Å²) in [5.74, 6) is 0.258. The van der Waals surface area contributed by atoms with Crippen LogP contribution in [0, 0.1) is 6.92 Å². The summed E-state index contributed by atoms with van der Waals surface area (Å²) in [7, 11) is 0. The maximum Gasteiger partial charge on any atom is 0.270 e. The van der Waals surface area contributed by atoms with E-state index in [-0.39, 0.29) is 5.91 Å². The molecule has 7 heteroatoms. The van der Waals surface area contributed by atoms with Crippen LogP contribution < -0.4 is 10.6 Å². The Labute approximate surface area is 158 Å². The van der Waals surface area contributed by atoms with Gasteiger partial charge in [-0.3, -0.25) is 4.79 Å². The lowest BCUT2D eigenvalue weighted by molar-refractivity contribution is 0.0949. The first-order valence-electron chi connectivity index (χ1n) is 8.31. The van der Waals surface area contributed by atoms with Crippen molar-refractivity contribution in [1.82, 2.24) is 15.3 Å². The molecule has 1 aromatic heterocycles. The number of rotatable bonds is 8. The Morgan fingerprint density at radius 1 is 1.16 bits per heavy atom. The molecule has 0 atom stereocenters. The molecule has 0 fully saturated rings. The molecular weight excluding hydrogens is 359 g/mol. The van der Waals surface area contributed by atoms with Crippen molar-refractivity contribution in [2.24, 2.45) is 0 Å². The summed E-state index contributed by atoms with van der Waals surface area (Å²) >= 11 is 12.0. The number of nitrogens with zero attached hydrogens (tertiary/aromatic N) is 2. The number of aryl methyl sites for hydroxylation is 1. The highest BCUT2D eigenvalue weighted by molar-refractivity contribution is 6.35. The van der Waals surface area contributed by atoms with Gasteiger partial charge in [0.1, 0.15) is 5.69 Å². The lowest BCUT2D eigenvalue weighted by Crippen LogP contribution is -2.27. The van der Waals surface area contributed by atoms with E-state index in [1.165, 1.54) is 0 Å². The molecule has 0 aliphatic rings. The molecular formula is C18H22Cl2N4O. The van der Waals surface area contributed by atoms with E-state index in [0.29, 0.717) is 34.7 Å². The summed E-state index contributed by atoms with van der Waals surface area (Å²) < 4.78 is 0. The van der Waals surface area contributed by atoms with E-state index in [1.807, 2.05) is 13.0 Å². The lowest BCUT2D eigenvalue weighted by Gasteiger charge is -2.09. The molecule has 1 amide bonds. The van der Waals surface area contributed by atoms with Gasteiger partial charge >= 0.3 is 0 Å². The Hall–Kier alpha value is -1.85. The van der Waals surface area contributed by atoms with E-state index < -0.39 is 0 Å². The molecule has 0 spiro atoms. The van der Waals surface area contributed by atoms with Crippen molar-refractivity contribution in [1.29, 1.82) is 0 Å². The minimum absolute atomic E-state index is 0.228. The van der Waals surface area contributed by atoms with Gasteiger partial charge < -0.3 is 10.6 Å².